The molecule has 1 N–H and O–H groups in total. The van der Waals surface area contributed by atoms with E-state index < -0.39 is 6.16 Å². The molecule has 0 atom stereocenters. The highest BCUT2D eigenvalue weighted by molar-refractivity contribution is 5.82. The van der Waals surface area contributed by atoms with Crippen LogP contribution in [0.1, 0.15) is 0 Å². The van der Waals surface area contributed by atoms with Crippen LogP contribution in [0.4, 0.5) is 4.79 Å². The Labute approximate surface area is 79.0 Å². The molecule has 0 saturated heterocycles. The van der Waals surface area contributed by atoms with E-state index in [0.29, 0.717) is 11.0 Å². The minimum atomic E-state index is -1.36. The monoisotopic (exact) mass is 190 g/mol. The highest BCUT2D eigenvalue weighted by Gasteiger charge is 2.06. The average molecular weight is 190 g/mol. The summed E-state index contributed by atoms with van der Waals surface area (Å²) in [6.07, 6.45) is 1.66. The van der Waals surface area contributed by atoms with Gasteiger partial charge in [0.1, 0.15) is 5.52 Å². The third-order valence-corrected chi connectivity index (χ3v) is 1.66. The quantitative estimate of drug-likeness (QED) is 0.547. The maximum atomic E-state index is 10.3. The smallest absolute Gasteiger partial charge is 0.449 e. The fourth-order valence-corrected chi connectivity index (χ4v) is 1.14. The van der Waals surface area contributed by atoms with Crippen LogP contribution in [0.15, 0.2) is 30.6 Å². The van der Waals surface area contributed by atoms with Crippen molar-refractivity contribution >= 4 is 17.2 Å². The zero-order chi connectivity index (χ0) is 9.97. The van der Waals surface area contributed by atoms with Crippen LogP contribution < -0.4 is 4.74 Å². The van der Waals surface area contributed by atoms with E-state index in [1.165, 1.54) is 18.5 Å². The van der Waals surface area contributed by atoms with Crippen LogP contribution in [0, 0.1) is 0 Å². The second kappa shape index (κ2) is 3.29. The lowest BCUT2D eigenvalue weighted by atomic mass is 10.3. The predicted octanol–water partition coefficient (Wildman–Crippen LogP) is 1.69. The van der Waals surface area contributed by atoms with Crippen molar-refractivity contribution in [3.63, 3.8) is 0 Å². The number of hydrogen-bond acceptors (Lipinski definition) is 4. The summed E-state index contributed by atoms with van der Waals surface area (Å²) < 4.78 is 4.54. The molecule has 0 unspecified atom stereocenters. The van der Waals surface area contributed by atoms with Crippen LogP contribution in [0.2, 0.25) is 0 Å². The van der Waals surface area contributed by atoms with Gasteiger partial charge in [-0.15, -0.1) is 0 Å². The Balaban J connectivity index is 2.59. The molecule has 5 nitrogen and oxygen atoms in total. The number of ether oxygens (including phenoxy) is 1. The van der Waals surface area contributed by atoms with E-state index in [4.69, 9.17) is 5.11 Å². The molecule has 1 aromatic heterocycles. The summed E-state index contributed by atoms with van der Waals surface area (Å²) >= 11 is 0. The molecule has 14 heavy (non-hydrogen) atoms. The Kier molecular flexibility index (Phi) is 1.98. The summed E-state index contributed by atoms with van der Waals surface area (Å²) in [7, 11) is 0. The van der Waals surface area contributed by atoms with Crippen molar-refractivity contribution in [1.82, 2.24) is 9.97 Å². The van der Waals surface area contributed by atoms with Gasteiger partial charge in [-0.1, -0.05) is 6.07 Å². The average Bonchev–Trinajstić information content (AvgIpc) is 2.18. The first-order chi connectivity index (χ1) is 6.77. The van der Waals surface area contributed by atoms with Gasteiger partial charge in [0.2, 0.25) is 0 Å². The summed E-state index contributed by atoms with van der Waals surface area (Å²) in [6.45, 7) is 0. The van der Waals surface area contributed by atoms with Crippen molar-refractivity contribution in [3.05, 3.63) is 30.6 Å². The maximum Gasteiger partial charge on any atom is 0.511 e. The Morgan fingerprint density at radius 1 is 1.29 bits per heavy atom. The number of nitrogens with zero attached hydrogens (tertiary/aromatic N) is 2. The first kappa shape index (κ1) is 8.43. The number of carbonyl (C=O) groups is 1. The highest BCUT2D eigenvalue weighted by atomic mass is 16.7. The molecule has 0 fully saturated rings. The molecule has 1 aromatic carbocycles. The molecule has 2 rings (SSSR count). The van der Waals surface area contributed by atoms with Gasteiger partial charge >= 0.3 is 6.16 Å². The van der Waals surface area contributed by atoms with E-state index in [1.807, 2.05) is 0 Å². The molecule has 2 aromatic rings. The molecule has 0 bridgehead atoms. The lowest BCUT2D eigenvalue weighted by Gasteiger charge is -2.01. The fraction of sp³-hybridized carbons (Fsp3) is 0. The summed E-state index contributed by atoms with van der Waals surface area (Å²) in [5.41, 5.74) is 1.05. The highest BCUT2D eigenvalue weighted by Crippen LogP contribution is 2.21. The summed E-state index contributed by atoms with van der Waals surface area (Å²) in [6, 6.07) is 4.93. The van der Waals surface area contributed by atoms with Crippen LogP contribution in [-0.2, 0) is 0 Å². The van der Waals surface area contributed by atoms with Gasteiger partial charge in [-0.25, -0.2) is 9.78 Å². The summed E-state index contributed by atoms with van der Waals surface area (Å²) in [5, 5.41) is 8.46. The van der Waals surface area contributed by atoms with Crippen molar-refractivity contribution in [2.24, 2.45) is 0 Å². The number of para-hydroxylation sites is 1. The third-order valence-electron chi connectivity index (χ3n) is 1.66. The fourth-order valence-electron chi connectivity index (χ4n) is 1.14. The maximum absolute atomic E-state index is 10.3. The Bertz CT molecular complexity index is 479. The van der Waals surface area contributed by atoms with E-state index >= 15 is 0 Å². The molecular formula is C9H6N2O3. The summed E-state index contributed by atoms with van der Waals surface area (Å²) in [5.74, 6) is 0.197. The molecule has 70 valence electrons. The Hall–Kier alpha value is -2.17. The third kappa shape index (κ3) is 1.47. The van der Waals surface area contributed by atoms with Crippen LogP contribution in [0.25, 0.3) is 11.0 Å². The SMILES string of the molecule is O=C(O)Oc1cccc2nccnc12. The molecule has 0 spiro atoms. The van der Waals surface area contributed by atoms with E-state index in [1.54, 1.807) is 12.1 Å². The molecular weight excluding hydrogens is 184 g/mol. The Morgan fingerprint density at radius 2 is 2.07 bits per heavy atom. The molecule has 0 radical (unpaired) electrons. The zero-order valence-electron chi connectivity index (χ0n) is 7.04. The predicted molar refractivity (Wildman–Crippen MR) is 48.2 cm³/mol. The first-order valence-electron chi connectivity index (χ1n) is 3.88. The number of aromatic nitrogens is 2. The Morgan fingerprint density at radius 3 is 2.86 bits per heavy atom. The molecule has 0 aliphatic carbocycles. The van der Waals surface area contributed by atoms with E-state index in [0.717, 1.165) is 0 Å². The van der Waals surface area contributed by atoms with Gasteiger partial charge in [0, 0.05) is 12.4 Å². The van der Waals surface area contributed by atoms with Gasteiger partial charge < -0.3 is 9.84 Å². The molecule has 5 heteroatoms. The second-order valence-electron chi connectivity index (χ2n) is 2.55. The van der Waals surface area contributed by atoms with Gasteiger partial charge in [-0.3, -0.25) is 4.98 Å². The number of benzene rings is 1. The van der Waals surface area contributed by atoms with Crippen molar-refractivity contribution in [1.29, 1.82) is 0 Å². The lowest BCUT2D eigenvalue weighted by molar-refractivity contribution is 0.145. The minimum Gasteiger partial charge on any atom is -0.449 e. The number of hydrogen-bond donors (Lipinski definition) is 1. The molecule has 0 aliphatic heterocycles. The van der Waals surface area contributed by atoms with Gasteiger partial charge in [0.05, 0.1) is 5.52 Å². The van der Waals surface area contributed by atoms with Crippen molar-refractivity contribution in [2.45, 2.75) is 0 Å². The minimum absolute atomic E-state index is 0.197. The van der Waals surface area contributed by atoms with Crippen molar-refractivity contribution < 1.29 is 14.6 Å². The van der Waals surface area contributed by atoms with Gasteiger partial charge in [0.25, 0.3) is 0 Å². The lowest BCUT2D eigenvalue weighted by Crippen LogP contribution is -2.03. The van der Waals surface area contributed by atoms with Gasteiger partial charge in [0.15, 0.2) is 5.75 Å². The molecule has 0 saturated carbocycles. The number of fused-ring (bicyclic) bond motifs is 1. The largest absolute Gasteiger partial charge is 0.511 e. The summed E-state index contributed by atoms with van der Waals surface area (Å²) in [4.78, 5) is 18.3. The van der Waals surface area contributed by atoms with Crippen molar-refractivity contribution in [2.75, 3.05) is 0 Å². The standard InChI is InChI=1S/C9H6N2O3/c12-9(13)14-7-3-1-2-6-8(7)11-5-4-10-6/h1-5H,(H,12,13). The number of carboxylic acid groups (broad SMARTS) is 1. The van der Waals surface area contributed by atoms with Crippen LogP contribution >= 0.6 is 0 Å². The van der Waals surface area contributed by atoms with Gasteiger partial charge in [-0.2, -0.15) is 0 Å². The first-order valence-corrected chi connectivity index (χ1v) is 3.88. The van der Waals surface area contributed by atoms with E-state index in [2.05, 4.69) is 14.7 Å². The van der Waals surface area contributed by atoms with Gasteiger partial charge in [-0.05, 0) is 12.1 Å². The zero-order valence-corrected chi connectivity index (χ0v) is 7.04. The van der Waals surface area contributed by atoms with Crippen LogP contribution in [-0.4, -0.2) is 21.2 Å². The van der Waals surface area contributed by atoms with Crippen LogP contribution in [0.5, 0.6) is 5.75 Å². The topological polar surface area (TPSA) is 72.3 Å². The number of rotatable bonds is 1. The molecule has 0 aliphatic rings. The second-order valence-corrected chi connectivity index (χ2v) is 2.55. The van der Waals surface area contributed by atoms with E-state index in [-0.39, 0.29) is 5.75 Å². The van der Waals surface area contributed by atoms with Crippen LogP contribution in [0.3, 0.4) is 0 Å². The normalized spacial score (nSPS) is 10.0. The molecule has 0 amide bonds. The van der Waals surface area contributed by atoms with E-state index in [9.17, 15) is 4.79 Å². The van der Waals surface area contributed by atoms with Crippen molar-refractivity contribution in [3.8, 4) is 5.75 Å². The molecule has 1 heterocycles.